The van der Waals surface area contributed by atoms with Crippen molar-refractivity contribution in [2.24, 2.45) is 0 Å². The van der Waals surface area contributed by atoms with Crippen molar-refractivity contribution in [3.63, 3.8) is 0 Å². The third-order valence-electron chi connectivity index (χ3n) is 3.09. The van der Waals surface area contributed by atoms with Gasteiger partial charge in [-0.15, -0.1) is 0 Å². The molecule has 7 heteroatoms. The summed E-state index contributed by atoms with van der Waals surface area (Å²) in [6.45, 7) is 6.40. The van der Waals surface area contributed by atoms with Crippen LogP contribution in [0.2, 0.25) is 0 Å². The number of nitrogen functional groups attached to an aromatic ring is 1. The number of nitrogens with zero attached hydrogens (tertiary/aromatic N) is 4. The van der Waals surface area contributed by atoms with E-state index >= 15 is 0 Å². The monoisotopic (exact) mass is 283 g/mol. The van der Waals surface area contributed by atoms with Gasteiger partial charge < -0.3 is 15.7 Å². The van der Waals surface area contributed by atoms with Crippen molar-refractivity contribution >= 4 is 11.6 Å². The fraction of sp³-hybridized carbons (Fsp3) is 0.692. The maximum absolute atomic E-state index is 11.9. The fourth-order valence-electron chi connectivity index (χ4n) is 2.08. The molecular weight excluding hydrogens is 258 g/mol. The number of amides is 1. The van der Waals surface area contributed by atoms with Crippen LogP contribution in [0.25, 0.3) is 0 Å². The summed E-state index contributed by atoms with van der Waals surface area (Å²) in [7, 11) is 1.82. The van der Waals surface area contributed by atoms with E-state index in [1.54, 1.807) is 22.0 Å². The Balaban J connectivity index is 2.37. The lowest BCUT2D eigenvalue weighted by molar-refractivity contribution is -0.132. The van der Waals surface area contributed by atoms with E-state index in [1.807, 2.05) is 25.8 Å². The number of nitrogens with two attached hydrogens (primary N) is 1. The SMILES string of the molecule is CCN(CC)C(=O)CN(C)CC(O)Cn1cc(N)cn1. The summed E-state index contributed by atoms with van der Waals surface area (Å²) in [5, 5.41) is 14.0. The second-order valence-corrected chi connectivity index (χ2v) is 4.91. The summed E-state index contributed by atoms with van der Waals surface area (Å²) in [5.74, 6) is 0.0769. The minimum atomic E-state index is -0.594. The first-order valence-corrected chi connectivity index (χ1v) is 6.88. The summed E-state index contributed by atoms with van der Waals surface area (Å²) in [4.78, 5) is 15.5. The summed E-state index contributed by atoms with van der Waals surface area (Å²) in [5.41, 5.74) is 6.13. The molecule has 1 heterocycles. The second kappa shape index (κ2) is 7.86. The summed E-state index contributed by atoms with van der Waals surface area (Å²) >= 11 is 0. The zero-order valence-corrected chi connectivity index (χ0v) is 12.5. The van der Waals surface area contributed by atoms with Gasteiger partial charge in [0.15, 0.2) is 0 Å². The van der Waals surface area contributed by atoms with Gasteiger partial charge in [-0.25, -0.2) is 0 Å². The van der Waals surface area contributed by atoms with Gasteiger partial charge in [0.25, 0.3) is 0 Å². The number of aromatic nitrogens is 2. The van der Waals surface area contributed by atoms with Gasteiger partial charge in [0.1, 0.15) is 0 Å². The van der Waals surface area contributed by atoms with Crippen LogP contribution < -0.4 is 5.73 Å². The van der Waals surface area contributed by atoms with Gasteiger partial charge in [0, 0.05) is 25.8 Å². The van der Waals surface area contributed by atoms with E-state index in [2.05, 4.69) is 5.10 Å². The Kier molecular flexibility index (Phi) is 6.47. The molecule has 1 unspecified atom stereocenters. The maximum atomic E-state index is 11.9. The van der Waals surface area contributed by atoms with Gasteiger partial charge in [0.05, 0.1) is 31.1 Å². The Bertz CT molecular complexity index is 417. The Labute approximate surface area is 120 Å². The number of rotatable bonds is 8. The molecule has 0 aromatic carbocycles. The van der Waals surface area contributed by atoms with Crippen LogP contribution in [-0.4, -0.2) is 69.9 Å². The lowest BCUT2D eigenvalue weighted by Crippen LogP contribution is -2.41. The normalized spacial score (nSPS) is 12.7. The highest BCUT2D eigenvalue weighted by molar-refractivity contribution is 5.78. The van der Waals surface area contributed by atoms with Crippen LogP contribution in [-0.2, 0) is 11.3 Å². The number of likely N-dealkylation sites (N-methyl/N-ethyl adjacent to an activating group) is 2. The Morgan fingerprint density at radius 3 is 2.65 bits per heavy atom. The minimum absolute atomic E-state index is 0.0769. The zero-order chi connectivity index (χ0) is 15.1. The predicted molar refractivity (Wildman–Crippen MR) is 78.1 cm³/mol. The van der Waals surface area contributed by atoms with E-state index in [1.165, 1.54) is 0 Å². The molecule has 0 fully saturated rings. The lowest BCUT2D eigenvalue weighted by atomic mass is 10.3. The van der Waals surface area contributed by atoms with E-state index < -0.39 is 6.10 Å². The van der Waals surface area contributed by atoms with Gasteiger partial charge in [-0.05, 0) is 20.9 Å². The molecule has 1 amide bonds. The highest BCUT2D eigenvalue weighted by Crippen LogP contribution is 2.01. The maximum Gasteiger partial charge on any atom is 0.236 e. The topological polar surface area (TPSA) is 87.6 Å². The number of hydrogen-bond acceptors (Lipinski definition) is 5. The molecule has 1 atom stereocenters. The molecule has 114 valence electrons. The Hall–Kier alpha value is -1.60. The number of carbonyl (C=O) groups is 1. The Morgan fingerprint density at radius 2 is 2.15 bits per heavy atom. The predicted octanol–water partition coefficient (Wildman–Crippen LogP) is -0.374. The van der Waals surface area contributed by atoms with Crippen molar-refractivity contribution in [1.29, 1.82) is 0 Å². The first-order chi connectivity index (χ1) is 9.46. The number of hydrogen-bond donors (Lipinski definition) is 2. The highest BCUT2D eigenvalue weighted by atomic mass is 16.3. The first kappa shape index (κ1) is 16.5. The average molecular weight is 283 g/mol. The molecule has 20 heavy (non-hydrogen) atoms. The number of aliphatic hydroxyl groups excluding tert-OH is 1. The molecule has 0 aliphatic rings. The lowest BCUT2D eigenvalue weighted by Gasteiger charge is -2.24. The van der Waals surface area contributed by atoms with Crippen LogP contribution in [0.4, 0.5) is 5.69 Å². The van der Waals surface area contributed by atoms with E-state index in [0.717, 1.165) is 0 Å². The van der Waals surface area contributed by atoms with E-state index in [0.29, 0.717) is 38.4 Å². The third-order valence-corrected chi connectivity index (χ3v) is 3.09. The quantitative estimate of drug-likeness (QED) is 0.679. The molecule has 0 aliphatic heterocycles. The van der Waals surface area contributed by atoms with Crippen LogP contribution >= 0.6 is 0 Å². The van der Waals surface area contributed by atoms with Gasteiger partial charge in [-0.2, -0.15) is 5.10 Å². The largest absolute Gasteiger partial charge is 0.396 e. The van der Waals surface area contributed by atoms with Gasteiger partial charge in [0.2, 0.25) is 5.91 Å². The van der Waals surface area contributed by atoms with E-state index in [-0.39, 0.29) is 5.91 Å². The van der Waals surface area contributed by atoms with Crippen LogP contribution in [0.1, 0.15) is 13.8 Å². The van der Waals surface area contributed by atoms with Crippen molar-refractivity contribution in [1.82, 2.24) is 19.6 Å². The van der Waals surface area contributed by atoms with E-state index in [4.69, 9.17) is 5.73 Å². The van der Waals surface area contributed by atoms with Gasteiger partial charge >= 0.3 is 0 Å². The summed E-state index contributed by atoms with van der Waals surface area (Å²) in [6.07, 6.45) is 2.62. The molecule has 0 spiro atoms. The number of aliphatic hydroxyl groups is 1. The first-order valence-electron chi connectivity index (χ1n) is 6.88. The van der Waals surface area contributed by atoms with Crippen LogP contribution in [0.5, 0.6) is 0 Å². The number of anilines is 1. The van der Waals surface area contributed by atoms with Crippen molar-refractivity contribution < 1.29 is 9.90 Å². The highest BCUT2D eigenvalue weighted by Gasteiger charge is 2.15. The molecule has 0 aliphatic carbocycles. The van der Waals surface area contributed by atoms with Crippen molar-refractivity contribution in [3.8, 4) is 0 Å². The molecule has 7 nitrogen and oxygen atoms in total. The molecule has 0 radical (unpaired) electrons. The smallest absolute Gasteiger partial charge is 0.236 e. The number of carbonyl (C=O) groups excluding carboxylic acids is 1. The third kappa shape index (κ3) is 5.18. The molecule has 1 aromatic heterocycles. The zero-order valence-electron chi connectivity index (χ0n) is 12.5. The van der Waals surface area contributed by atoms with Crippen LogP contribution in [0.3, 0.4) is 0 Å². The molecule has 1 aromatic rings. The molecule has 0 saturated carbocycles. The fourth-order valence-corrected chi connectivity index (χ4v) is 2.08. The molecule has 0 saturated heterocycles. The molecule has 0 bridgehead atoms. The van der Waals surface area contributed by atoms with Crippen molar-refractivity contribution in [3.05, 3.63) is 12.4 Å². The molecule has 1 rings (SSSR count). The second-order valence-electron chi connectivity index (χ2n) is 4.91. The van der Waals surface area contributed by atoms with E-state index in [9.17, 15) is 9.90 Å². The standard InChI is InChI=1S/C13H25N5O2/c1-4-17(5-2)13(20)10-16(3)8-12(19)9-18-7-11(14)6-15-18/h6-7,12,19H,4-5,8-10,14H2,1-3H3. The summed E-state index contributed by atoms with van der Waals surface area (Å²) < 4.78 is 1.60. The Morgan fingerprint density at radius 1 is 1.50 bits per heavy atom. The molecule has 3 N–H and O–H groups in total. The van der Waals surface area contributed by atoms with Gasteiger partial charge in [-0.1, -0.05) is 0 Å². The minimum Gasteiger partial charge on any atom is -0.396 e. The molecular formula is C13H25N5O2. The average Bonchev–Trinajstić information content (AvgIpc) is 2.75. The van der Waals surface area contributed by atoms with Crippen LogP contribution in [0, 0.1) is 0 Å². The van der Waals surface area contributed by atoms with Gasteiger partial charge in [-0.3, -0.25) is 14.4 Å². The van der Waals surface area contributed by atoms with Crippen molar-refractivity contribution in [2.45, 2.75) is 26.5 Å². The van der Waals surface area contributed by atoms with Crippen LogP contribution in [0.15, 0.2) is 12.4 Å². The van der Waals surface area contributed by atoms with Crippen molar-refractivity contribution in [2.75, 3.05) is 39.0 Å². The summed E-state index contributed by atoms with van der Waals surface area (Å²) in [6, 6.07) is 0.